The third kappa shape index (κ3) is 4.97. The van der Waals surface area contributed by atoms with Gasteiger partial charge in [-0.3, -0.25) is 9.78 Å². The maximum atomic E-state index is 12.3. The number of ether oxygens (including phenoxy) is 2. The first kappa shape index (κ1) is 18.7. The molecule has 0 unspecified atom stereocenters. The monoisotopic (exact) mass is 364 g/mol. The molecule has 5 heteroatoms. The molecule has 0 saturated carbocycles. The number of amides is 1. The second-order valence-corrected chi connectivity index (χ2v) is 6.36. The Morgan fingerprint density at radius 3 is 2.67 bits per heavy atom. The number of aromatic nitrogens is 1. The Morgan fingerprint density at radius 1 is 1.07 bits per heavy atom. The van der Waals surface area contributed by atoms with Gasteiger partial charge in [0.15, 0.2) is 6.61 Å². The highest BCUT2D eigenvalue weighted by Crippen LogP contribution is 2.30. The van der Waals surface area contributed by atoms with Crippen LogP contribution in [0.3, 0.4) is 0 Å². The zero-order valence-corrected chi connectivity index (χ0v) is 15.7. The van der Waals surface area contributed by atoms with Crippen LogP contribution in [-0.4, -0.2) is 24.1 Å². The van der Waals surface area contributed by atoms with E-state index in [2.05, 4.69) is 17.2 Å². The molecule has 0 fully saturated rings. The molecule has 0 atom stereocenters. The van der Waals surface area contributed by atoms with Crippen molar-refractivity contribution in [2.24, 2.45) is 0 Å². The van der Waals surface area contributed by atoms with E-state index < -0.39 is 0 Å². The molecule has 3 aromatic rings. The van der Waals surface area contributed by atoms with E-state index in [0.717, 1.165) is 35.1 Å². The molecule has 27 heavy (non-hydrogen) atoms. The molecule has 0 aliphatic heterocycles. The summed E-state index contributed by atoms with van der Waals surface area (Å²) in [4.78, 5) is 16.7. The molecule has 5 nitrogen and oxygen atoms in total. The maximum Gasteiger partial charge on any atom is 0.262 e. The van der Waals surface area contributed by atoms with Crippen LogP contribution in [0.2, 0.25) is 0 Å². The number of aryl methyl sites for hydroxylation is 1. The van der Waals surface area contributed by atoms with E-state index in [1.54, 1.807) is 6.20 Å². The SMILES string of the molecule is CCCCOc1ccc(NC(=O)COc2ccc(C)cc2)c2cccnc12. The molecule has 0 saturated heterocycles. The second-order valence-electron chi connectivity index (χ2n) is 6.36. The number of hydrogen-bond acceptors (Lipinski definition) is 4. The number of nitrogens with one attached hydrogen (secondary N) is 1. The van der Waals surface area contributed by atoms with Crippen molar-refractivity contribution >= 4 is 22.5 Å². The van der Waals surface area contributed by atoms with E-state index in [9.17, 15) is 4.79 Å². The topological polar surface area (TPSA) is 60.5 Å². The predicted molar refractivity (Wildman–Crippen MR) is 107 cm³/mol. The van der Waals surface area contributed by atoms with Gasteiger partial charge in [0.2, 0.25) is 0 Å². The second kappa shape index (κ2) is 9.03. The Bertz CT molecular complexity index is 907. The van der Waals surface area contributed by atoms with Crippen molar-refractivity contribution in [3.63, 3.8) is 0 Å². The first-order valence-electron chi connectivity index (χ1n) is 9.17. The Labute approximate surface area is 159 Å². The fourth-order valence-corrected chi connectivity index (χ4v) is 2.67. The van der Waals surface area contributed by atoms with Gasteiger partial charge in [0.05, 0.1) is 12.3 Å². The van der Waals surface area contributed by atoms with Crippen LogP contribution in [-0.2, 0) is 4.79 Å². The molecule has 1 amide bonds. The van der Waals surface area contributed by atoms with Crippen LogP contribution in [0.1, 0.15) is 25.3 Å². The van der Waals surface area contributed by atoms with Gasteiger partial charge < -0.3 is 14.8 Å². The lowest BCUT2D eigenvalue weighted by Gasteiger charge is -2.13. The number of anilines is 1. The number of hydrogen-bond donors (Lipinski definition) is 1. The fourth-order valence-electron chi connectivity index (χ4n) is 2.67. The van der Waals surface area contributed by atoms with Gasteiger partial charge in [0.1, 0.15) is 17.0 Å². The highest BCUT2D eigenvalue weighted by molar-refractivity contribution is 6.03. The summed E-state index contributed by atoms with van der Waals surface area (Å²) in [5.74, 6) is 1.18. The summed E-state index contributed by atoms with van der Waals surface area (Å²) in [6.07, 6.45) is 3.78. The van der Waals surface area contributed by atoms with Gasteiger partial charge >= 0.3 is 0 Å². The van der Waals surface area contributed by atoms with Gasteiger partial charge in [0.25, 0.3) is 5.91 Å². The molecule has 0 radical (unpaired) electrons. The standard InChI is InChI=1S/C22H24N2O3/c1-3-4-14-26-20-12-11-19(18-6-5-13-23-22(18)20)24-21(25)15-27-17-9-7-16(2)8-10-17/h5-13H,3-4,14-15H2,1-2H3,(H,24,25). The van der Waals surface area contributed by atoms with Crippen LogP contribution in [0.4, 0.5) is 5.69 Å². The van der Waals surface area contributed by atoms with Crippen molar-refractivity contribution in [2.75, 3.05) is 18.5 Å². The highest BCUT2D eigenvalue weighted by atomic mass is 16.5. The Hall–Kier alpha value is -3.08. The maximum absolute atomic E-state index is 12.3. The lowest BCUT2D eigenvalue weighted by atomic mass is 10.1. The smallest absolute Gasteiger partial charge is 0.262 e. The van der Waals surface area contributed by atoms with E-state index in [1.165, 1.54) is 0 Å². The van der Waals surface area contributed by atoms with E-state index in [0.29, 0.717) is 18.0 Å². The lowest BCUT2D eigenvalue weighted by molar-refractivity contribution is -0.118. The van der Waals surface area contributed by atoms with Gasteiger partial charge in [-0.15, -0.1) is 0 Å². The quantitative estimate of drug-likeness (QED) is 0.587. The predicted octanol–water partition coefficient (Wildman–Crippen LogP) is 4.74. The molecule has 0 bridgehead atoms. The Balaban J connectivity index is 1.69. The number of carbonyl (C=O) groups excluding carboxylic acids is 1. The van der Waals surface area contributed by atoms with Gasteiger partial charge in [-0.1, -0.05) is 31.0 Å². The molecule has 1 aromatic heterocycles. The molecule has 140 valence electrons. The first-order chi connectivity index (χ1) is 13.2. The number of nitrogens with zero attached hydrogens (tertiary/aromatic N) is 1. The zero-order valence-electron chi connectivity index (χ0n) is 15.7. The van der Waals surface area contributed by atoms with Gasteiger partial charge in [-0.05, 0) is 49.7 Å². The van der Waals surface area contributed by atoms with Crippen LogP contribution in [0.15, 0.2) is 54.7 Å². The molecule has 1 heterocycles. The number of rotatable bonds is 8. The minimum Gasteiger partial charge on any atom is -0.491 e. The molecular weight excluding hydrogens is 340 g/mol. The zero-order chi connectivity index (χ0) is 19.1. The van der Waals surface area contributed by atoms with E-state index in [1.807, 2.05) is 55.5 Å². The van der Waals surface area contributed by atoms with Crippen molar-refractivity contribution < 1.29 is 14.3 Å². The van der Waals surface area contributed by atoms with Gasteiger partial charge in [-0.25, -0.2) is 0 Å². The van der Waals surface area contributed by atoms with Gasteiger partial charge in [-0.2, -0.15) is 0 Å². The number of fused-ring (bicyclic) bond motifs is 1. The van der Waals surface area contributed by atoms with Crippen LogP contribution in [0, 0.1) is 6.92 Å². The number of pyridine rings is 1. The Kier molecular flexibility index (Phi) is 6.26. The minimum absolute atomic E-state index is 0.0560. The summed E-state index contributed by atoms with van der Waals surface area (Å²) in [7, 11) is 0. The Morgan fingerprint density at radius 2 is 1.89 bits per heavy atom. The summed E-state index contributed by atoms with van der Waals surface area (Å²) in [5, 5.41) is 3.74. The summed E-state index contributed by atoms with van der Waals surface area (Å²) < 4.78 is 11.4. The normalized spacial score (nSPS) is 10.6. The summed E-state index contributed by atoms with van der Waals surface area (Å²) in [6.45, 7) is 4.72. The summed E-state index contributed by atoms with van der Waals surface area (Å²) in [6, 6.07) is 15.1. The average Bonchev–Trinajstić information content (AvgIpc) is 2.69. The van der Waals surface area contributed by atoms with Crippen molar-refractivity contribution in [1.29, 1.82) is 0 Å². The molecular formula is C22H24N2O3. The van der Waals surface area contributed by atoms with Crippen molar-refractivity contribution in [2.45, 2.75) is 26.7 Å². The molecule has 1 N–H and O–H groups in total. The van der Waals surface area contributed by atoms with Gasteiger partial charge in [0, 0.05) is 11.6 Å². The fraction of sp³-hybridized carbons (Fsp3) is 0.273. The number of carbonyl (C=O) groups is 1. The third-order valence-corrected chi connectivity index (χ3v) is 4.15. The number of benzene rings is 2. The van der Waals surface area contributed by atoms with Crippen molar-refractivity contribution in [1.82, 2.24) is 4.98 Å². The molecule has 0 spiro atoms. The van der Waals surface area contributed by atoms with Crippen molar-refractivity contribution in [3.05, 3.63) is 60.3 Å². The van der Waals surface area contributed by atoms with Crippen LogP contribution in [0.5, 0.6) is 11.5 Å². The van der Waals surface area contributed by atoms with Crippen LogP contribution < -0.4 is 14.8 Å². The van der Waals surface area contributed by atoms with E-state index >= 15 is 0 Å². The third-order valence-electron chi connectivity index (χ3n) is 4.15. The van der Waals surface area contributed by atoms with E-state index in [4.69, 9.17) is 9.47 Å². The molecule has 0 aliphatic carbocycles. The van der Waals surface area contributed by atoms with Crippen LogP contribution in [0.25, 0.3) is 10.9 Å². The number of unbranched alkanes of at least 4 members (excludes halogenated alkanes) is 1. The van der Waals surface area contributed by atoms with E-state index in [-0.39, 0.29) is 12.5 Å². The largest absolute Gasteiger partial charge is 0.491 e. The minimum atomic E-state index is -0.222. The highest BCUT2D eigenvalue weighted by Gasteiger charge is 2.11. The lowest BCUT2D eigenvalue weighted by Crippen LogP contribution is -2.20. The molecule has 3 rings (SSSR count). The van der Waals surface area contributed by atoms with Crippen molar-refractivity contribution in [3.8, 4) is 11.5 Å². The first-order valence-corrected chi connectivity index (χ1v) is 9.17. The molecule has 2 aromatic carbocycles. The average molecular weight is 364 g/mol. The molecule has 0 aliphatic rings. The summed E-state index contributed by atoms with van der Waals surface area (Å²) >= 11 is 0. The van der Waals surface area contributed by atoms with Crippen LogP contribution >= 0.6 is 0 Å². The summed E-state index contributed by atoms with van der Waals surface area (Å²) in [5.41, 5.74) is 2.58.